The van der Waals surface area contributed by atoms with Gasteiger partial charge in [0.1, 0.15) is 28.7 Å². The highest BCUT2D eigenvalue weighted by Crippen LogP contribution is 2.26. The summed E-state index contributed by atoms with van der Waals surface area (Å²) in [5.41, 5.74) is 0.849. The predicted octanol–water partition coefficient (Wildman–Crippen LogP) is 5.09. The van der Waals surface area contributed by atoms with Crippen LogP contribution < -0.4 is 20.7 Å². The zero-order chi connectivity index (χ0) is 28.4. The molecule has 206 valence electrons. The van der Waals surface area contributed by atoms with E-state index in [4.69, 9.17) is 4.74 Å². The lowest BCUT2D eigenvalue weighted by molar-refractivity contribution is -0.115. The zero-order valence-electron chi connectivity index (χ0n) is 21.4. The molecule has 2 heterocycles. The van der Waals surface area contributed by atoms with Crippen LogP contribution in [0.15, 0.2) is 66.0 Å². The van der Waals surface area contributed by atoms with Gasteiger partial charge in [-0.1, -0.05) is 0 Å². The minimum absolute atomic E-state index is 0.0205. The monoisotopic (exact) mass is 559 g/mol. The number of benzene rings is 1. The lowest BCUT2D eigenvalue weighted by Crippen LogP contribution is -2.37. The summed E-state index contributed by atoms with van der Waals surface area (Å²) in [4.78, 5) is 45.2. The molecule has 0 bridgehead atoms. The van der Waals surface area contributed by atoms with E-state index in [1.54, 1.807) is 51.2 Å². The van der Waals surface area contributed by atoms with Crippen molar-refractivity contribution in [1.29, 1.82) is 0 Å². The Morgan fingerprint density at radius 3 is 2.44 bits per heavy atom. The molecule has 3 rings (SSSR count). The number of amides is 3. The number of nitrogens with one attached hydrogen (secondary N) is 3. The van der Waals surface area contributed by atoms with Crippen molar-refractivity contribution < 1.29 is 32.6 Å². The maximum absolute atomic E-state index is 12.9. The number of ether oxygens (including phenoxy) is 2. The first-order chi connectivity index (χ1) is 18.5. The molecule has 2 aromatic heterocycles. The second-order valence-electron chi connectivity index (χ2n) is 8.95. The first-order valence-electron chi connectivity index (χ1n) is 11.6. The number of aromatic nitrogens is 2. The molecule has 0 unspecified atom stereocenters. The number of alkyl halides is 2. The quantitative estimate of drug-likeness (QED) is 0.293. The maximum Gasteiger partial charge on any atom is 0.408 e. The Morgan fingerprint density at radius 1 is 1.00 bits per heavy atom. The molecule has 0 radical (unpaired) electrons. The molecule has 0 aliphatic carbocycles. The molecular weight excluding hydrogens is 532 g/mol. The van der Waals surface area contributed by atoms with Gasteiger partial charge in [0.15, 0.2) is 0 Å². The van der Waals surface area contributed by atoms with E-state index in [0.717, 1.165) is 5.56 Å². The van der Waals surface area contributed by atoms with Crippen molar-refractivity contribution in [1.82, 2.24) is 15.3 Å². The maximum atomic E-state index is 12.9. The van der Waals surface area contributed by atoms with Gasteiger partial charge in [0.05, 0.1) is 5.56 Å². The molecule has 0 fully saturated rings. The molecular formula is C26H27F2N5O5S. The summed E-state index contributed by atoms with van der Waals surface area (Å²) in [7, 11) is 0. The van der Waals surface area contributed by atoms with Gasteiger partial charge in [0.25, 0.3) is 5.91 Å². The molecule has 0 saturated carbocycles. The number of carbonyl (C=O) groups is 3. The molecule has 0 aliphatic heterocycles. The smallest absolute Gasteiger partial charge is 0.408 e. The van der Waals surface area contributed by atoms with E-state index in [2.05, 4.69) is 30.7 Å². The van der Waals surface area contributed by atoms with E-state index in [-0.39, 0.29) is 12.3 Å². The number of thioether (sulfide) groups is 1. The third-order valence-corrected chi connectivity index (χ3v) is 5.69. The fourth-order valence-corrected chi connectivity index (χ4v) is 3.97. The number of rotatable bonds is 10. The number of pyridine rings is 2. The Hall–Kier alpha value is -4.26. The molecule has 39 heavy (non-hydrogen) atoms. The average molecular weight is 560 g/mol. The van der Waals surface area contributed by atoms with E-state index in [0.29, 0.717) is 27.8 Å². The third-order valence-electron chi connectivity index (χ3n) is 4.61. The van der Waals surface area contributed by atoms with E-state index >= 15 is 0 Å². The normalized spacial score (nSPS) is 11.0. The van der Waals surface area contributed by atoms with Crippen LogP contribution in [0.25, 0.3) is 0 Å². The van der Waals surface area contributed by atoms with Crippen LogP contribution in [0.5, 0.6) is 5.75 Å². The predicted molar refractivity (Wildman–Crippen MR) is 142 cm³/mol. The van der Waals surface area contributed by atoms with Gasteiger partial charge in [-0.15, -0.1) is 11.8 Å². The van der Waals surface area contributed by atoms with Crippen LogP contribution in [-0.4, -0.2) is 46.6 Å². The molecule has 0 aliphatic rings. The summed E-state index contributed by atoms with van der Waals surface area (Å²) in [6.07, 6.45) is 2.38. The molecule has 3 aromatic rings. The number of hydrogen-bond acceptors (Lipinski definition) is 8. The van der Waals surface area contributed by atoms with Crippen molar-refractivity contribution in [3.63, 3.8) is 0 Å². The van der Waals surface area contributed by atoms with E-state index in [9.17, 15) is 23.2 Å². The minimum Gasteiger partial charge on any atom is -0.444 e. The molecule has 10 nitrogen and oxygen atoms in total. The SMILES string of the molecule is CC(C)(C)OC(=O)NCC(=O)Nc1cc(CSc2ncccc2C(=O)Nc2ccc(OC(F)F)cc2)ccn1. The number of halogens is 2. The van der Waals surface area contributed by atoms with Crippen LogP contribution in [0.3, 0.4) is 0 Å². The molecule has 3 amide bonds. The second kappa shape index (κ2) is 13.5. The van der Waals surface area contributed by atoms with Crippen molar-refractivity contribution in [2.45, 2.75) is 43.8 Å². The summed E-state index contributed by atoms with van der Waals surface area (Å²) < 4.78 is 34.1. The number of nitrogens with zero attached hydrogens (tertiary/aromatic N) is 2. The van der Waals surface area contributed by atoms with E-state index in [1.165, 1.54) is 42.2 Å². The van der Waals surface area contributed by atoms with Crippen molar-refractivity contribution >= 4 is 41.2 Å². The topological polar surface area (TPSA) is 132 Å². The summed E-state index contributed by atoms with van der Waals surface area (Å²) in [6, 6.07) is 12.2. The largest absolute Gasteiger partial charge is 0.444 e. The molecule has 0 atom stereocenters. The molecule has 13 heteroatoms. The molecule has 0 spiro atoms. The zero-order valence-corrected chi connectivity index (χ0v) is 22.2. The van der Waals surface area contributed by atoms with Gasteiger partial charge >= 0.3 is 12.7 Å². The van der Waals surface area contributed by atoms with Gasteiger partial charge in [0.2, 0.25) is 5.91 Å². The number of carbonyl (C=O) groups excluding carboxylic acids is 3. The van der Waals surface area contributed by atoms with Gasteiger partial charge in [-0.3, -0.25) is 9.59 Å². The second-order valence-corrected chi connectivity index (χ2v) is 9.92. The fraction of sp³-hybridized carbons (Fsp3) is 0.269. The van der Waals surface area contributed by atoms with Crippen molar-refractivity contribution in [2.75, 3.05) is 17.2 Å². The van der Waals surface area contributed by atoms with Gasteiger partial charge in [-0.2, -0.15) is 8.78 Å². The highest BCUT2D eigenvalue weighted by molar-refractivity contribution is 7.98. The highest BCUT2D eigenvalue weighted by Gasteiger charge is 2.17. The van der Waals surface area contributed by atoms with Crippen molar-refractivity contribution in [3.05, 3.63) is 72.1 Å². The lowest BCUT2D eigenvalue weighted by atomic mass is 10.2. The highest BCUT2D eigenvalue weighted by atomic mass is 32.2. The Morgan fingerprint density at radius 2 is 1.74 bits per heavy atom. The summed E-state index contributed by atoms with van der Waals surface area (Å²) in [5, 5.41) is 8.16. The van der Waals surface area contributed by atoms with Crippen molar-refractivity contribution in [2.24, 2.45) is 0 Å². The molecule has 0 saturated heterocycles. The number of alkyl carbamates (subject to hydrolysis) is 1. The molecule has 3 N–H and O–H groups in total. The summed E-state index contributed by atoms with van der Waals surface area (Å²) in [5.74, 6) is -0.211. The number of hydrogen-bond donors (Lipinski definition) is 3. The van der Waals surface area contributed by atoms with E-state index < -0.39 is 30.1 Å². The van der Waals surface area contributed by atoms with Gasteiger partial charge in [0, 0.05) is 23.8 Å². The van der Waals surface area contributed by atoms with Crippen LogP contribution >= 0.6 is 11.8 Å². The van der Waals surface area contributed by atoms with Gasteiger partial charge in [-0.25, -0.2) is 14.8 Å². The summed E-state index contributed by atoms with van der Waals surface area (Å²) in [6.45, 7) is 1.93. The third kappa shape index (κ3) is 10.2. The Balaban J connectivity index is 1.56. The van der Waals surface area contributed by atoms with Gasteiger partial charge in [-0.05, 0) is 74.9 Å². The van der Waals surface area contributed by atoms with Crippen molar-refractivity contribution in [3.8, 4) is 5.75 Å². The Labute approximate surface area is 227 Å². The van der Waals surface area contributed by atoms with Crippen LogP contribution in [-0.2, 0) is 15.3 Å². The van der Waals surface area contributed by atoms with E-state index in [1.807, 2.05) is 0 Å². The van der Waals surface area contributed by atoms with Crippen LogP contribution in [0, 0.1) is 0 Å². The fourth-order valence-electron chi connectivity index (χ4n) is 3.03. The molecule has 1 aromatic carbocycles. The Kier molecular flexibility index (Phi) is 10.1. The lowest BCUT2D eigenvalue weighted by Gasteiger charge is -2.19. The van der Waals surface area contributed by atoms with Crippen LogP contribution in [0.1, 0.15) is 36.7 Å². The minimum atomic E-state index is -2.94. The van der Waals surface area contributed by atoms with Crippen LogP contribution in [0.2, 0.25) is 0 Å². The standard InChI is InChI=1S/C26H27F2N5O5S/c1-26(2,3)38-25(36)31-14-21(34)33-20-13-16(10-12-29-20)15-39-23-19(5-4-11-30-23)22(35)32-17-6-8-18(9-7-17)37-24(27)28/h4-13,24H,14-15H2,1-3H3,(H,31,36)(H,32,35)(H,29,33,34). The van der Waals surface area contributed by atoms with Gasteiger partial charge < -0.3 is 25.4 Å². The Bertz CT molecular complexity index is 1300. The van der Waals surface area contributed by atoms with Crippen LogP contribution in [0.4, 0.5) is 25.1 Å². The first kappa shape index (κ1) is 29.3. The average Bonchev–Trinajstić information content (AvgIpc) is 2.86. The number of anilines is 2. The summed E-state index contributed by atoms with van der Waals surface area (Å²) >= 11 is 1.31. The first-order valence-corrected chi connectivity index (χ1v) is 12.6.